The average molecular weight is 234 g/mol. The molecule has 0 bridgehead atoms. The maximum atomic E-state index is 12.3. The molecule has 17 heavy (non-hydrogen) atoms. The molecule has 0 radical (unpaired) electrons. The van der Waals surface area contributed by atoms with Crippen LogP contribution in [0.2, 0.25) is 0 Å². The number of hydrazine groups is 1. The SMILES string of the molecule is CC(C)(C)N(N)C(=O)C1=NN=C2C1CC1CC21. The van der Waals surface area contributed by atoms with Gasteiger partial charge in [0.2, 0.25) is 0 Å². The Morgan fingerprint density at radius 2 is 2.06 bits per heavy atom. The molecule has 2 fully saturated rings. The van der Waals surface area contributed by atoms with E-state index in [1.165, 1.54) is 11.4 Å². The summed E-state index contributed by atoms with van der Waals surface area (Å²) in [5.41, 5.74) is 1.29. The third-order valence-corrected chi connectivity index (χ3v) is 3.96. The fourth-order valence-corrected chi connectivity index (χ4v) is 2.75. The van der Waals surface area contributed by atoms with Crippen LogP contribution < -0.4 is 5.84 Å². The van der Waals surface area contributed by atoms with E-state index in [0.29, 0.717) is 11.6 Å². The van der Waals surface area contributed by atoms with Crippen LogP contribution in [-0.4, -0.2) is 27.9 Å². The second-order valence-electron chi connectivity index (χ2n) is 6.25. The van der Waals surface area contributed by atoms with E-state index in [4.69, 9.17) is 5.84 Å². The standard InChI is InChI=1S/C12H18N4O/c1-12(2,3)16(13)11(17)10-8-5-6-4-7(6)9(8)14-15-10/h6-8H,4-5,13H2,1-3H3. The number of carbonyl (C=O) groups is 1. The summed E-state index contributed by atoms with van der Waals surface area (Å²) in [4.78, 5) is 12.3. The maximum Gasteiger partial charge on any atom is 0.285 e. The van der Waals surface area contributed by atoms with Crippen LogP contribution in [0.3, 0.4) is 0 Å². The molecule has 1 aliphatic heterocycles. The minimum absolute atomic E-state index is 0.152. The van der Waals surface area contributed by atoms with Gasteiger partial charge < -0.3 is 0 Å². The van der Waals surface area contributed by atoms with Gasteiger partial charge in [-0.25, -0.2) is 5.84 Å². The zero-order chi connectivity index (χ0) is 12.4. The van der Waals surface area contributed by atoms with Crippen molar-refractivity contribution in [3.8, 4) is 0 Å². The van der Waals surface area contributed by atoms with E-state index in [1.807, 2.05) is 20.8 Å². The highest BCUT2D eigenvalue weighted by atomic mass is 16.2. The summed E-state index contributed by atoms with van der Waals surface area (Å²) in [6.45, 7) is 5.73. The molecule has 3 atom stereocenters. The van der Waals surface area contributed by atoms with Crippen molar-refractivity contribution >= 4 is 17.3 Å². The molecule has 1 heterocycles. The highest BCUT2D eigenvalue weighted by Gasteiger charge is 2.55. The number of hydrogen-bond donors (Lipinski definition) is 1. The predicted octanol–water partition coefficient (Wildman–Crippen LogP) is 0.954. The lowest BCUT2D eigenvalue weighted by molar-refractivity contribution is -0.129. The van der Waals surface area contributed by atoms with Crippen molar-refractivity contribution in [1.82, 2.24) is 5.01 Å². The number of hydrogen-bond acceptors (Lipinski definition) is 4. The Morgan fingerprint density at radius 3 is 2.71 bits per heavy atom. The number of nitrogens with zero attached hydrogens (tertiary/aromatic N) is 3. The van der Waals surface area contributed by atoms with E-state index < -0.39 is 0 Å². The van der Waals surface area contributed by atoms with Crippen LogP contribution in [-0.2, 0) is 4.79 Å². The maximum absolute atomic E-state index is 12.3. The molecule has 1 amide bonds. The largest absolute Gasteiger partial charge is 0.285 e. The second kappa shape index (κ2) is 3.16. The van der Waals surface area contributed by atoms with E-state index in [0.717, 1.165) is 18.1 Å². The van der Waals surface area contributed by atoms with Crippen molar-refractivity contribution in [3.05, 3.63) is 0 Å². The number of fused-ring (bicyclic) bond motifs is 3. The summed E-state index contributed by atoms with van der Waals surface area (Å²) >= 11 is 0. The normalized spacial score (nSPS) is 33.8. The molecule has 0 saturated heterocycles. The Kier molecular flexibility index (Phi) is 2.03. The lowest BCUT2D eigenvalue weighted by Gasteiger charge is -2.31. The van der Waals surface area contributed by atoms with Gasteiger partial charge in [-0.2, -0.15) is 5.10 Å². The van der Waals surface area contributed by atoms with Crippen LogP contribution in [0.25, 0.3) is 0 Å². The Hall–Kier alpha value is -1.23. The van der Waals surface area contributed by atoms with E-state index in [-0.39, 0.29) is 17.4 Å². The van der Waals surface area contributed by atoms with Gasteiger partial charge in [0, 0.05) is 11.8 Å². The Labute approximate surface area is 101 Å². The lowest BCUT2D eigenvalue weighted by atomic mass is 9.95. The summed E-state index contributed by atoms with van der Waals surface area (Å²) < 4.78 is 0. The molecule has 0 aromatic carbocycles. The number of carbonyl (C=O) groups excluding carboxylic acids is 1. The summed E-state index contributed by atoms with van der Waals surface area (Å²) in [6, 6.07) is 0. The Balaban J connectivity index is 1.77. The minimum atomic E-state index is -0.385. The third-order valence-electron chi connectivity index (χ3n) is 3.96. The molecule has 92 valence electrons. The van der Waals surface area contributed by atoms with Crippen LogP contribution in [0.1, 0.15) is 33.6 Å². The van der Waals surface area contributed by atoms with Crippen LogP contribution >= 0.6 is 0 Å². The van der Waals surface area contributed by atoms with Gasteiger partial charge >= 0.3 is 0 Å². The van der Waals surface area contributed by atoms with Crippen molar-refractivity contribution < 1.29 is 4.79 Å². The molecule has 3 aliphatic rings. The molecular weight excluding hydrogens is 216 g/mol. The quantitative estimate of drug-likeness (QED) is 0.417. The number of amides is 1. The first-order valence-electron chi connectivity index (χ1n) is 6.14. The van der Waals surface area contributed by atoms with E-state index >= 15 is 0 Å². The van der Waals surface area contributed by atoms with Gasteiger partial charge in [0.05, 0.1) is 11.3 Å². The topological polar surface area (TPSA) is 71.0 Å². The summed E-state index contributed by atoms with van der Waals surface area (Å²) in [5.74, 6) is 7.18. The van der Waals surface area contributed by atoms with Crippen molar-refractivity contribution in [3.63, 3.8) is 0 Å². The first-order chi connectivity index (χ1) is 7.89. The summed E-state index contributed by atoms with van der Waals surface area (Å²) in [5, 5.41) is 9.53. The van der Waals surface area contributed by atoms with Gasteiger partial charge in [-0.05, 0) is 39.5 Å². The van der Waals surface area contributed by atoms with Crippen LogP contribution in [0.5, 0.6) is 0 Å². The Bertz CT molecular complexity index is 446. The van der Waals surface area contributed by atoms with Gasteiger partial charge in [0.1, 0.15) is 5.71 Å². The second-order valence-corrected chi connectivity index (χ2v) is 6.25. The van der Waals surface area contributed by atoms with E-state index in [1.54, 1.807) is 0 Å². The average Bonchev–Trinajstić information content (AvgIpc) is 2.72. The smallest absolute Gasteiger partial charge is 0.270 e. The van der Waals surface area contributed by atoms with Gasteiger partial charge in [0.25, 0.3) is 5.91 Å². The van der Waals surface area contributed by atoms with Gasteiger partial charge in [0.15, 0.2) is 0 Å². The van der Waals surface area contributed by atoms with Crippen molar-refractivity contribution in [1.29, 1.82) is 0 Å². The molecule has 2 aliphatic carbocycles. The molecule has 0 aromatic rings. The molecule has 0 spiro atoms. The highest BCUT2D eigenvalue weighted by molar-refractivity contribution is 6.45. The number of rotatable bonds is 1. The van der Waals surface area contributed by atoms with Crippen molar-refractivity contribution in [2.24, 2.45) is 33.8 Å². The minimum Gasteiger partial charge on any atom is -0.270 e. The lowest BCUT2D eigenvalue weighted by Crippen LogP contribution is -2.54. The molecular formula is C12H18N4O. The molecule has 3 unspecified atom stereocenters. The number of nitrogens with two attached hydrogens (primary N) is 1. The fraction of sp³-hybridized carbons (Fsp3) is 0.750. The first kappa shape index (κ1) is 10.9. The van der Waals surface area contributed by atoms with Crippen LogP contribution in [0, 0.1) is 17.8 Å². The molecule has 5 nitrogen and oxygen atoms in total. The Morgan fingerprint density at radius 1 is 1.35 bits per heavy atom. The van der Waals surface area contributed by atoms with Crippen LogP contribution in [0.15, 0.2) is 10.2 Å². The van der Waals surface area contributed by atoms with E-state index in [2.05, 4.69) is 10.2 Å². The fourth-order valence-electron chi connectivity index (χ4n) is 2.75. The van der Waals surface area contributed by atoms with Gasteiger partial charge in [-0.15, -0.1) is 5.10 Å². The molecule has 2 saturated carbocycles. The van der Waals surface area contributed by atoms with Crippen molar-refractivity contribution in [2.45, 2.75) is 39.2 Å². The van der Waals surface area contributed by atoms with Crippen LogP contribution in [0.4, 0.5) is 0 Å². The van der Waals surface area contributed by atoms with Crippen molar-refractivity contribution in [2.75, 3.05) is 0 Å². The highest BCUT2D eigenvalue weighted by Crippen LogP contribution is 2.54. The zero-order valence-corrected chi connectivity index (χ0v) is 10.5. The molecule has 5 heteroatoms. The summed E-state index contributed by atoms with van der Waals surface area (Å²) in [7, 11) is 0. The summed E-state index contributed by atoms with van der Waals surface area (Å²) in [6.07, 6.45) is 2.27. The van der Waals surface area contributed by atoms with Gasteiger partial charge in [-0.1, -0.05) is 0 Å². The molecule has 0 aromatic heterocycles. The third kappa shape index (κ3) is 1.52. The first-order valence-corrected chi connectivity index (χ1v) is 6.14. The predicted molar refractivity (Wildman–Crippen MR) is 65.4 cm³/mol. The molecule has 2 N–H and O–H groups in total. The van der Waals surface area contributed by atoms with E-state index in [9.17, 15) is 4.79 Å². The monoisotopic (exact) mass is 234 g/mol. The zero-order valence-electron chi connectivity index (χ0n) is 10.5. The molecule has 3 rings (SSSR count). The van der Waals surface area contributed by atoms with Gasteiger partial charge in [-0.3, -0.25) is 9.80 Å².